The Bertz CT molecular complexity index is 1280. The van der Waals surface area contributed by atoms with E-state index in [9.17, 15) is 4.79 Å². The third kappa shape index (κ3) is 6.40. The number of amides is 1. The molecule has 7 heteroatoms. The van der Waals surface area contributed by atoms with Crippen LogP contribution in [0.4, 0.5) is 0 Å². The summed E-state index contributed by atoms with van der Waals surface area (Å²) in [5, 5.41) is 4.68. The van der Waals surface area contributed by atoms with E-state index in [1.165, 1.54) is 0 Å². The molecule has 4 N–H and O–H groups in total. The topological polar surface area (TPSA) is 89.4 Å². The minimum atomic E-state index is -0.297. The third-order valence-electron chi connectivity index (χ3n) is 7.02. The second kappa shape index (κ2) is 11.5. The first-order valence-electron chi connectivity index (χ1n) is 12.6. The van der Waals surface area contributed by atoms with E-state index in [2.05, 4.69) is 34.6 Å². The summed E-state index contributed by atoms with van der Waals surface area (Å²) in [6.07, 6.45) is 1.37. The minimum absolute atomic E-state index is 0.181. The van der Waals surface area contributed by atoms with Crippen molar-refractivity contribution in [3.05, 3.63) is 107 Å². The summed E-state index contributed by atoms with van der Waals surface area (Å²) in [6, 6.07) is 27.1. The summed E-state index contributed by atoms with van der Waals surface area (Å²) in [5.41, 5.74) is 9.88. The first-order valence-corrected chi connectivity index (χ1v) is 13.0. The lowest BCUT2D eigenvalue weighted by Crippen LogP contribution is -2.44. The highest BCUT2D eigenvalue weighted by molar-refractivity contribution is 6.31. The smallest absolute Gasteiger partial charge is 0.268 e. The van der Waals surface area contributed by atoms with E-state index in [4.69, 9.17) is 26.8 Å². The van der Waals surface area contributed by atoms with Crippen molar-refractivity contribution >= 4 is 28.4 Å². The van der Waals surface area contributed by atoms with Crippen LogP contribution in [0.2, 0.25) is 5.02 Å². The predicted octanol–water partition coefficient (Wildman–Crippen LogP) is 5.46. The van der Waals surface area contributed by atoms with Gasteiger partial charge in [-0.3, -0.25) is 4.79 Å². The highest BCUT2D eigenvalue weighted by atomic mass is 35.5. The van der Waals surface area contributed by atoms with E-state index >= 15 is 0 Å². The Morgan fingerprint density at radius 2 is 1.54 bits per heavy atom. The van der Waals surface area contributed by atoms with Gasteiger partial charge in [-0.25, -0.2) is 0 Å². The largest absolute Gasteiger partial charge is 0.376 e. The maximum absolute atomic E-state index is 13.1. The molecule has 6 nitrogen and oxygen atoms in total. The summed E-state index contributed by atoms with van der Waals surface area (Å²) in [5.74, 6) is -0.181. The number of nitrogens with one attached hydrogen (secondary N) is 2. The van der Waals surface area contributed by atoms with Crippen LogP contribution in [0.15, 0.2) is 84.9 Å². The number of fused-ring (bicyclic) bond motifs is 1. The molecule has 1 aliphatic carbocycles. The molecule has 1 aliphatic rings. The number of hydrogen-bond donors (Lipinski definition) is 3. The van der Waals surface area contributed by atoms with Gasteiger partial charge in [0.25, 0.3) is 5.91 Å². The van der Waals surface area contributed by atoms with Gasteiger partial charge in [-0.1, -0.05) is 72.3 Å². The molecule has 0 bridgehead atoms. The van der Waals surface area contributed by atoms with Crippen LogP contribution in [0.25, 0.3) is 10.9 Å². The Morgan fingerprint density at radius 1 is 0.919 bits per heavy atom. The van der Waals surface area contributed by atoms with E-state index in [-0.39, 0.29) is 23.4 Å². The molecule has 1 aromatic heterocycles. The van der Waals surface area contributed by atoms with Gasteiger partial charge in [-0.2, -0.15) is 0 Å². The number of halogens is 1. The lowest BCUT2D eigenvalue weighted by molar-refractivity contribution is -0.0312. The monoisotopic (exact) mass is 517 g/mol. The number of nitrogens with two attached hydrogens (primary N) is 1. The zero-order valence-electron chi connectivity index (χ0n) is 20.7. The highest BCUT2D eigenvalue weighted by Crippen LogP contribution is 2.39. The third-order valence-corrected chi connectivity index (χ3v) is 7.26. The van der Waals surface area contributed by atoms with Crippen LogP contribution in [0.3, 0.4) is 0 Å². The van der Waals surface area contributed by atoms with Crippen LogP contribution in [0, 0.1) is 5.41 Å². The van der Waals surface area contributed by atoms with Crippen molar-refractivity contribution in [3.63, 3.8) is 0 Å². The van der Waals surface area contributed by atoms with Gasteiger partial charge in [0.1, 0.15) is 5.69 Å². The van der Waals surface area contributed by atoms with Crippen LogP contribution >= 0.6 is 11.6 Å². The second-order valence-corrected chi connectivity index (χ2v) is 10.5. The number of carbonyl (C=O) groups excluding carboxylic acids is 1. The van der Waals surface area contributed by atoms with Gasteiger partial charge in [-0.05, 0) is 48.2 Å². The number of carbonyl (C=O) groups is 1. The van der Waals surface area contributed by atoms with Gasteiger partial charge < -0.3 is 25.5 Å². The zero-order chi connectivity index (χ0) is 25.7. The molecule has 1 heterocycles. The Morgan fingerprint density at radius 3 is 2.16 bits per heavy atom. The van der Waals surface area contributed by atoms with Crippen LogP contribution in [-0.4, -0.2) is 36.2 Å². The normalized spacial score (nSPS) is 18.8. The number of H-pyrrole nitrogens is 1. The highest BCUT2D eigenvalue weighted by Gasteiger charge is 2.45. The number of benzene rings is 3. The van der Waals surface area contributed by atoms with Crippen LogP contribution in [0.1, 0.15) is 34.5 Å². The maximum Gasteiger partial charge on any atom is 0.268 e. The van der Waals surface area contributed by atoms with Crippen molar-refractivity contribution in [1.82, 2.24) is 10.3 Å². The number of aromatic nitrogens is 1. The molecule has 192 valence electrons. The van der Waals surface area contributed by atoms with Gasteiger partial charge in [0.15, 0.2) is 0 Å². The summed E-state index contributed by atoms with van der Waals surface area (Å²) in [4.78, 5) is 16.3. The average Bonchev–Trinajstić information content (AvgIpc) is 3.46. The van der Waals surface area contributed by atoms with E-state index in [1.54, 1.807) is 6.07 Å². The summed E-state index contributed by atoms with van der Waals surface area (Å²) >= 11 is 6.10. The van der Waals surface area contributed by atoms with Crippen molar-refractivity contribution in [2.24, 2.45) is 11.1 Å². The number of ether oxygens (including phenoxy) is 2. The van der Waals surface area contributed by atoms with Crippen molar-refractivity contribution in [2.75, 3.05) is 13.2 Å². The van der Waals surface area contributed by atoms with Gasteiger partial charge in [0, 0.05) is 33.4 Å². The van der Waals surface area contributed by atoms with Crippen LogP contribution in [0.5, 0.6) is 0 Å². The molecule has 0 unspecified atom stereocenters. The quantitative estimate of drug-likeness (QED) is 0.260. The fourth-order valence-electron chi connectivity index (χ4n) is 5.17. The maximum atomic E-state index is 13.1. The lowest BCUT2D eigenvalue weighted by Gasteiger charge is -2.29. The molecule has 0 radical (unpaired) electrons. The van der Waals surface area contributed by atoms with E-state index in [0.29, 0.717) is 50.0 Å². The molecule has 3 aromatic carbocycles. The molecule has 4 aromatic rings. The Labute approximate surface area is 222 Å². The Kier molecular flexibility index (Phi) is 7.91. The fraction of sp³-hybridized carbons (Fsp3) is 0.300. The molecule has 1 amide bonds. The summed E-state index contributed by atoms with van der Waals surface area (Å²) in [7, 11) is 0. The first-order chi connectivity index (χ1) is 18.0. The Balaban J connectivity index is 1.26. The molecular formula is C30H32ClN3O3. The molecule has 0 saturated heterocycles. The number of rotatable bonds is 10. The van der Waals surface area contributed by atoms with Gasteiger partial charge >= 0.3 is 0 Å². The van der Waals surface area contributed by atoms with Crippen molar-refractivity contribution < 1.29 is 14.3 Å². The lowest BCUT2D eigenvalue weighted by atomic mass is 9.87. The predicted molar refractivity (Wildman–Crippen MR) is 146 cm³/mol. The van der Waals surface area contributed by atoms with Crippen LogP contribution < -0.4 is 11.1 Å². The van der Waals surface area contributed by atoms with Gasteiger partial charge in [0.2, 0.25) is 0 Å². The SMILES string of the molecule is N[C@@H]1CC(COCc2ccccc2)(COCc2ccccc2)C[C@H]1NC(=O)c1cc2cc(Cl)ccc2[nH]1. The zero-order valence-corrected chi connectivity index (χ0v) is 21.4. The summed E-state index contributed by atoms with van der Waals surface area (Å²) < 4.78 is 12.4. The molecular weight excluding hydrogens is 486 g/mol. The number of aromatic amines is 1. The first kappa shape index (κ1) is 25.5. The summed E-state index contributed by atoms with van der Waals surface area (Å²) in [6.45, 7) is 2.04. The van der Waals surface area contributed by atoms with E-state index in [0.717, 1.165) is 22.0 Å². The second-order valence-electron chi connectivity index (χ2n) is 10.0. The standard InChI is InChI=1S/C30H32ClN3O3/c31-24-11-12-26-23(13-24)14-27(33-26)29(35)34-28-16-30(15-25(28)32,19-36-17-21-7-3-1-4-8-21)20-37-18-22-9-5-2-6-10-22/h1-14,25,28,33H,15-20,32H2,(H,34,35)/t25-,28-/m1/s1. The van der Waals surface area contributed by atoms with Crippen molar-refractivity contribution in [3.8, 4) is 0 Å². The fourth-order valence-corrected chi connectivity index (χ4v) is 5.35. The van der Waals surface area contributed by atoms with Crippen molar-refractivity contribution in [1.29, 1.82) is 0 Å². The molecule has 2 atom stereocenters. The molecule has 37 heavy (non-hydrogen) atoms. The van der Waals surface area contributed by atoms with Crippen LogP contribution in [-0.2, 0) is 22.7 Å². The Hall–Kier alpha value is -3.16. The minimum Gasteiger partial charge on any atom is -0.376 e. The van der Waals surface area contributed by atoms with E-state index in [1.807, 2.05) is 54.6 Å². The number of hydrogen-bond acceptors (Lipinski definition) is 4. The van der Waals surface area contributed by atoms with Gasteiger partial charge in [0.05, 0.1) is 26.4 Å². The van der Waals surface area contributed by atoms with Crippen molar-refractivity contribution in [2.45, 2.75) is 38.1 Å². The molecule has 1 fully saturated rings. The van der Waals surface area contributed by atoms with E-state index < -0.39 is 0 Å². The molecule has 1 saturated carbocycles. The molecule has 0 spiro atoms. The molecule has 5 rings (SSSR count). The molecule has 0 aliphatic heterocycles. The van der Waals surface area contributed by atoms with Gasteiger partial charge in [-0.15, -0.1) is 0 Å². The average molecular weight is 518 g/mol.